The van der Waals surface area contributed by atoms with Crippen LogP contribution < -0.4 is 14.9 Å². The quantitative estimate of drug-likeness (QED) is 0.130. The monoisotopic (exact) mass is 597 g/mol. The molecule has 0 unspecified atom stereocenters. The third kappa shape index (κ3) is 6.85. The van der Waals surface area contributed by atoms with E-state index in [0.717, 1.165) is 28.2 Å². The van der Waals surface area contributed by atoms with E-state index in [0.29, 0.717) is 45.9 Å². The van der Waals surface area contributed by atoms with Crippen LogP contribution in [0.3, 0.4) is 0 Å². The standard InChI is InChI=1S/C34H29Cl2N3O3/c1-3-41-32-20-25(19-30(36)33(32)42-22-24-10-14-28(35)15-11-24)21-37-38-34(40)27-12-16-29(17-13-27)39-23(2)9-18-31(39)26-7-5-4-6-8-26/h4-21H,3,22H2,1-2H3,(H,38,40)/b37-21+. The predicted molar refractivity (Wildman–Crippen MR) is 169 cm³/mol. The zero-order valence-electron chi connectivity index (χ0n) is 23.2. The lowest BCUT2D eigenvalue weighted by atomic mass is 10.1. The van der Waals surface area contributed by atoms with Crippen molar-refractivity contribution in [3.63, 3.8) is 0 Å². The second-order valence-electron chi connectivity index (χ2n) is 9.49. The summed E-state index contributed by atoms with van der Waals surface area (Å²) in [6.07, 6.45) is 1.51. The molecule has 1 aromatic heterocycles. The van der Waals surface area contributed by atoms with Gasteiger partial charge in [0.25, 0.3) is 5.91 Å². The van der Waals surface area contributed by atoms with Gasteiger partial charge in [-0.25, -0.2) is 5.43 Å². The lowest BCUT2D eigenvalue weighted by Crippen LogP contribution is -2.17. The molecule has 0 spiro atoms. The molecule has 1 amide bonds. The molecule has 0 bridgehead atoms. The number of hydrogen-bond donors (Lipinski definition) is 1. The summed E-state index contributed by atoms with van der Waals surface area (Å²) < 4.78 is 13.9. The maximum atomic E-state index is 12.8. The normalized spacial score (nSPS) is 11.0. The Kier molecular flexibility index (Phi) is 9.27. The maximum Gasteiger partial charge on any atom is 0.271 e. The summed E-state index contributed by atoms with van der Waals surface area (Å²) in [6, 6.07) is 32.7. The molecule has 1 heterocycles. The largest absolute Gasteiger partial charge is 0.490 e. The molecule has 0 saturated heterocycles. The van der Waals surface area contributed by atoms with Crippen molar-refractivity contribution in [2.24, 2.45) is 5.10 Å². The molecule has 5 rings (SSSR count). The van der Waals surface area contributed by atoms with E-state index in [4.69, 9.17) is 32.7 Å². The lowest BCUT2D eigenvalue weighted by Gasteiger charge is -2.14. The van der Waals surface area contributed by atoms with E-state index in [2.05, 4.69) is 46.3 Å². The fraction of sp³-hybridized carbons (Fsp3) is 0.118. The number of carbonyl (C=O) groups excluding carboxylic acids is 1. The molecule has 0 aliphatic carbocycles. The van der Waals surface area contributed by atoms with Crippen LogP contribution in [0.25, 0.3) is 16.9 Å². The first-order valence-electron chi connectivity index (χ1n) is 13.4. The van der Waals surface area contributed by atoms with Crippen LogP contribution >= 0.6 is 23.2 Å². The Hall–Kier alpha value is -4.52. The summed E-state index contributed by atoms with van der Waals surface area (Å²) in [5, 5.41) is 5.16. The molecule has 0 fully saturated rings. The summed E-state index contributed by atoms with van der Waals surface area (Å²) >= 11 is 12.5. The molecular formula is C34H29Cl2N3O3. The molecule has 5 aromatic rings. The molecule has 0 aliphatic heterocycles. The summed E-state index contributed by atoms with van der Waals surface area (Å²) in [6.45, 7) is 4.67. The van der Waals surface area contributed by atoms with Crippen molar-refractivity contribution >= 4 is 35.3 Å². The van der Waals surface area contributed by atoms with Crippen molar-refractivity contribution in [1.29, 1.82) is 0 Å². The van der Waals surface area contributed by atoms with Crippen LogP contribution in [0.2, 0.25) is 10.0 Å². The molecule has 4 aromatic carbocycles. The first-order chi connectivity index (χ1) is 20.4. The molecule has 0 atom stereocenters. The first kappa shape index (κ1) is 29.0. The Morgan fingerprint density at radius 3 is 2.36 bits per heavy atom. The molecule has 0 radical (unpaired) electrons. The van der Waals surface area contributed by atoms with Gasteiger partial charge in [0.05, 0.1) is 23.5 Å². The number of benzene rings is 4. The minimum Gasteiger partial charge on any atom is -0.490 e. The molecule has 0 saturated carbocycles. The lowest BCUT2D eigenvalue weighted by molar-refractivity contribution is 0.0955. The fourth-order valence-electron chi connectivity index (χ4n) is 4.51. The maximum absolute atomic E-state index is 12.8. The third-order valence-electron chi connectivity index (χ3n) is 6.54. The Labute approximate surface area is 255 Å². The molecular weight excluding hydrogens is 569 g/mol. The van der Waals surface area contributed by atoms with Crippen LogP contribution in [0.5, 0.6) is 11.5 Å². The average Bonchev–Trinajstić information content (AvgIpc) is 3.39. The molecule has 6 nitrogen and oxygen atoms in total. The summed E-state index contributed by atoms with van der Waals surface area (Å²) in [7, 11) is 0. The van der Waals surface area contributed by atoms with Crippen LogP contribution in [0, 0.1) is 6.92 Å². The zero-order chi connectivity index (χ0) is 29.5. The predicted octanol–water partition coefficient (Wildman–Crippen LogP) is 8.50. The van der Waals surface area contributed by atoms with E-state index in [1.165, 1.54) is 6.21 Å². The minimum atomic E-state index is -0.329. The van der Waals surface area contributed by atoms with Gasteiger partial charge in [-0.2, -0.15) is 5.10 Å². The zero-order valence-corrected chi connectivity index (χ0v) is 24.7. The number of amides is 1. The van der Waals surface area contributed by atoms with Crippen molar-refractivity contribution in [2.75, 3.05) is 6.61 Å². The second-order valence-corrected chi connectivity index (χ2v) is 10.3. The van der Waals surface area contributed by atoms with Gasteiger partial charge in [0.1, 0.15) is 6.61 Å². The van der Waals surface area contributed by atoms with Crippen LogP contribution in [0.1, 0.15) is 34.1 Å². The van der Waals surface area contributed by atoms with E-state index in [-0.39, 0.29) is 5.91 Å². The molecule has 212 valence electrons. The molecule has 0 aliphatic rings. The van der Waals surface area contributed by atoms with Crippen LogP contribution in [-0.4, -0.2) is 23.3 Å². The molecule has 1 N–H and O–H groups in total. The summed E-state index contributed by atoms with van der Waals surface area (Å²) in [5.41, 5.74) is 8.93. The molecule has 8 heteroatoms. The van der Waals surface area contributed by atoms with Gasteiger partial charge in [-0.3, -0.25) is 4.79 Å². The topological polar surface area (TPSA) is 64.8 Å². The summed E-state index contributed by atoms with van der Waals surface area (Å²) in [4.78, 5) is 12.8. The molecule has 42 heavy (non-hydrogen) atoms. The fourth-order valence-corrected chi connectivity index (χ4v) is 4.91. The highest BCUT2D eigenvalue weighted by Crippen LogP contribution is 2.37. The highest BCUT2D eigenvalue weighted by molar-refractivity contribution is 6.32. The highest BCUT2D eigenvalue weighted by atomic mass is 35.5. The van der Waals surface area contributed by atoms with E-state index in [1.54, 1.807) is 36.4 Å². The number of nitrogens with zero attached hydrogens (tertiary/aromatic N) is 2. The Bertz CT molecular complexity index is 1700. The number of rotatable bonds is 10. The average molecular weight is 599 g/mol. The Balaban J connectivity index is 1.26. The van der Waals surface area contributed by atoms with Crippen molar-refractivity contribution in [3.8, 4) is 28.4 Å². The van der Waals surface area contributed by atoms with Gasteiger partial charge in [-0.1, -0.05) is 65.7 Å². The van der Waals surface area contributed by atoms with Crippen LogP contribution in [0.4, 0.5) is 0 Å². The Morgan fingerprint density at radius 2 is 1.64 bits per heavy atom. The van der Waals surface area contributed by atoms with Gasteiger partial charge in [0.2, 0.25) is 0 Å². The first-order valence-corrected chi connectivity index (χ1v) is 14.2. The van der Waals surface area contributed by atoms with E-state index >= 15 is 0 Å². The van der Waals surface area contributed by atoms with Crippen LogP contribution in [-0.2, 0) is 6.61 Å². The van der Waals surface area contributed by atoms with E-state index in [9.17, 15) is 4.79 Å². The van der Waals surface area contributed by atoms with Crippen molar-refractivity contribution in [2.45, 2.75) is 20.5 Å². The van der Waals surface area contributed by atoms with Crippen molar-refractivity contribution < 1.29 is 14.3 Å². The van der Waals surface area contributed by atoms with Gasteiger partial charge in [-0.15, -0.1) is 0 Å². The number of ether oxygens (including phenoxy) is 2. The SMILES string of the molecule is CCOc1cc(/C=N/NC(=O)c2ccc(-n3c(C)ccc3-c3ccccc3)cc2)cc(Cl)c1OCc1ccc(Cl)cc1. The van der Waals surface area contributed by atoms with E-state index < -0.39 is 0 Å². The minimum absolute atomic E-state index is 0.302. The third-order valence-corrected chi connectivity index (χ3v) is 7.07. The van der Waals surface area contributed by atoms with Gasteiger partial charge in [-0.05, 0) is 91.2 Å². The second kappa shape index (κ2) is 13.4. The summed E-state index contributed by atoms with van der Waals surface area (Å²) in [5.74, 6) is 0.588. The number of halogens is 2. The Morgan fingerprint density at radius 1 is 0.905 bits per heavy atom. The number of aromatic nitrogens is 1. The van der Waals surface area contributed by atoms with Crippen LogP contribution in [0.15, 0.2) is 108 Å². The van der Waals surface area contributed by atoms with Gasteiger partial charge >= 0.3 is 0 Å². The van der Waals surface area contributed by atoms with Gasteiger partial charge < -0.3 is 14.0 Å². The number of hydrazone groups is 1. The van der Waals surface area contributed by atoms with Crippen molar-refractivity contribution in [3.05, 3.63) is 136 Å². The van der Waals surface area contributed by atoms with Gasteiger partial charge in [0.15, 0.2) is 11.5 Å². The van der Waals surface area contributed by atoms with Gasteiger partial charge in [0, 0.05) is 22.0 Å². The number of nitrogens with one attached hydrogen (secondary N) is 1. The highest BCUT2D eigenvalue weighted by Gasteiger charge is 2.14. The number of hydrogen-bond acceptors (Lipinski definition) is 4. The number of carbonyl (C=O) groups is 1. The van der Waals surface area contributed by atoms with E-state index in [1.807, 2.05) is 49.4 Å². The number of aryl methyl sites for hydroxylation is 1. The van der Waals surface area contributed by atoms with Crippen molar-refractivity contribution in [1.82, 2.24) is 9.99 Å². The smallest absolute Gasteiger partial charge is 0.271 e.